The first kappa shape index (κ1) is 21.5. The van der Waals surface area contributed by atoms with Gasteiger partial charge in [0.05, 0.1) is 6.54 Å². The van der Waals surface area contributed by atoms with Gasteiger partial charge in [-0.05, 0) is 32.9 Å². The average molecular weight is 459 g/mol. The molecule has 0 atom stereocenters. The summed E-state index contributed by atoms with van der Waals surface area (Å²) in [6.07, 6.45) is 0. The molecule has 1 amide bonds. The fourth-order valence-corrected chi connectivity index (χ4v) is 2.77. The number of carbonyl (C=O) groups excluding carboxylic acids is 1. The number of amides is 1. The molecule has 0 saturated carbocycles. The van der Waals surface area contributed by atoms with Crippen LogP contribution in [-0.4, -0.2) is 62.1 Å². The first-order valence-electron chi connectivity index (χ1n) is 8.45. The minimum Gasteiger partial charge on any atom is -0.368 e. The number of nitrogens with one attached hydrogen (secondary N) is 2. The van der Waals surface area contributed by atoms with Crippen molar-refractivity contribution < 1.29 is 4.79 Å². The Kier molecular flexibility index (Phi) is 8.47. The molecule has 1 heterocycles. The quantitative estimate of drug-likeness (QED) is 0.412. The van der Waals surface area contributed by atoms with E-state index in [9.17, 15) is 4.79 Å². The number of anilines is 1. The summed E-state index contributed by atoms with van der Waals surface area (Å²) in [6, 6.07) is 10.4. The van der Waals surface area contributed by atoms with Gasteiger partial charge in [0.2, 0.25) is 5.91 Å². The molecule has 0 radical (unpaired) electrons. The highest BCUT2D eigenvalue weighted by atomic mass is 127. The first-order valence-corrected chi connectivity index (χ1v) is 8.45. The van der Waals surface area contributed by atoms with Crippen molar-refractivity contribution in [1.82, 2.24) is 15.5 Å². The summed E-state index contributed by atoms with van der Waals surface area (Å²) < 4.78 is 0. The van der Waals surface area contributed by atoms with Gasteiger partial charge in [0.1, 0.15) is 0 Å². The van der Waals surface area contributed by atoms with Crippen molar-refractivity contribution in [2.24, 2.45) is 4.99 Å². The van der Waals surface area contributed by atoms with Crippen LogP contribution in [0.2, 0.25) is 0 Å². The second-order valence-electron chi connectivity index (χ2n) is 7.01. The van der Waals surface area contributed by atoms with Crippen LogP contribution in [0, 0.1) is 0 Å². The summed E-state index contributed by atoms with van der Waals surface area (Å²) in [5.41, 5.74) is 1.04. The molecule has 2 rings (SSSR count). The second kappa shape index (κ2) is 9.84. The van der Waals surface area contributed by atoms with E-state index in [4.69, 9.17) is 0 Å². The molecule has 1 aliphatic heterocycles. The van der Waals surface area contributed by atoms with Crippen LogP contribution in [0.25, 0.3) is 0 Å². The molecule has 140 valence electrons. The molecule has 0 unspecified atom stereocenters. The Bertz CT molecular complexity index is 563. The third kappa shape index (κ3) is 7.09. The van der Waals surface area contributed by atoms with Crippen molar-refractivity contribution in [2.45, 2.75) is 26.3 Å². The molecule has 1 aromatic rings. The maximum atomic E-state index is 11.9. The normalized spacial score (nSPS) is 15.4. The highest BCUT2D eigenvalue weighted by Crippen LogP contribution is 2.15. The summed E-state index contributed by atoms with van der Waals surface area (Å²) in [7, 11) is 1.76. The van der Waals surface area contributed by atoms with Gasteiger partial charge >= 0.3 is 0 Å². The Morgan fingerprint density at radius 3 is 2.24 bits per heavy atom. The number of halogens is 1. The Morgan fingerprint density at radius 2 is 1.72 bits per heavy atom. The summed E-state index contributed by atoms with van der Waals surface area (Å²) in [5, 5.41) is 6.11. The molecule has 7 heteroatoms. The van der Waals surface area contributed by atoms with Gasteiger partial charge < -0.3 is 20.4 Å². The van der Waals surface area contributed by atoms with Gasteiger partial charge in [-0.25, -0.2) is 0 Å². The van der Waals surface area contributed by atoms with Crippen LogP contribution in [0.15, 0.2) is 35.3 Å². The Hall–Kier alpha value is -1.51. The number of guanidine groups is 1. The lowest BCUT2D eigenvalue weighted by Gasteiger charge is -2.37. The number of nitrogens with zero attached hydrogens (tertiary/aromatic N) is 3. The van der Waals surface area contributed by atoms with Crippen LogP contribution in [0.3, 0.4) is 0 Å². The van der Waals surface area contributed by atoms with E-state index < -0.39 is 0 Å². The number of benzene rings is 1. The summed E-state index contributed by atoms with van der Waals surface area (Å²) in [5.74, 6) is 0.762. The molecule has 1 fully saturated rings. The lowest BCUT2D eigenvalue weighted by molar-refractivity contribution is -0.121. The number of rotatable bonds is 3. The second-order valence-corrected chi connectivity index (χ2v) is 7.01. The zero-order chi connectivity index (χ0) is 17.6. The third-order valence-corrected chi connectivity index (χ3v) is 3.83. The van der Waals surface area contributed by atoms with Crippen LogP contribution in [0.5, 0.6) is 0 Å². The third-order valence-electron chi connectivity index (χ3n) is 3.83. The van der Waals surface area contributed by atoms with Gasteiger partial charge in [-0.3, -0.25) is 9.79 Å². The summed E-state index contributed by atoms with van der Waals surface area (Å²) >= 11 is 0. The molecule has 6 nitrogen and oxygen atoms in total. The van der Waals surface area contributed by atoms with Gasteiger partial charge in [-0.15, -0.1) is 24.0 Å². The van der Waals surface area contributed by atoms with Crippen molar-refractivity contribution in [3.63, 3.8) is 0 Å². The number of para-hydroxylation sites is 1. The standard InChI is InChI=1S/C18H29N5O.HI/c1-18(2,3)21-16(24)14-20-17(19-4)23-12-10-22(11-13-23)15-8-6-5-7-9-15;/h5-9H,10-14H2,1-4H3,(H,19,20)(H,21,24);1H. The highest BCUT2D eigenvalue weighted by molar-refractivity contribution is 14.0. The fraction of sp³-hybridized carbons (Fsp3) is 0.556. The van der Waals surface area contributed by atoms with Crippen molar-refractivity contribution in [3.8, 4) is 0 Å². The molecule has 25 heavy (non-hydrogen) atoms. The van der Waals surface area contributed by atoms with Crippen molar-refractivity contribution in [1.29, 1.82) is 0 Å². The zero-order valence-electron chi connectivity index (χ0n) is 15.6. The van der Waals surface area contributed by atoms with Crippen LogP contribution in [0.1, 0.15) is 20.8 Å². The Labute approximate surface area is 168 Å². The molecular formula is C18H30IN5O. The van der Waals surface area contributed by atoms with E-state index in [0.717, 1.165) is 32.1 Å². The van der Waals surface area contributed by atoms with Gasteiger partial charge in [0.25, 0.3) is 0 Å². The molecule has 0 bridgehead atoms. The van der Waals surface area contributed by atoms with E-state index in [1.54, 1.807) is 7.05 Å². The minimum atomic E-state index is -0.219. The van der Waals surface area contributed by atoms with E-state index >= 15 is 0 Å². The Morgan fingerprint density at radius 1 is 1.12 bits per heavy atom. The fourth-order valence-electron chi connectivity index (χ4n) is 2.77. The van der Waals surface area contributed by atoms with Crippen LogP contribution in [0.4, 0.5) is 5.69 Å². The summed E-state index contributed by atoms with van der Waals surface area (Å²) in [6.45, 7) is 9.82. The number of aliphatic imine (C=N–C) groups is 1. The van der Waals surface area contributed by atoms with E-state index in [-0.39, 0.29) is 42.0 Å². The maximum absolute atomic E-state index is 11.9. The number of piperazine rings is 1. The van der Waals surface area contributed by atoms with Crippen LogP contribution < -0.4 is 15.5 Å². The number of carbonyl (C=O) groups is 1. The van der Waals surface area contributed by atoms with Gasteiger partial charge in [0.15, 0.2) is 5.96 Å². The van der Waals surface area contributed by atoms with Crippen molar-refractivity contribution in [2.75, 3.05) is 44.7 Å². The smallest absolute Gasteiger partial charge is 0.239 e. The summed E-state index contributed by atoms with van der Waals surface area (Å²) in [4.78, 5) is 20.8. The minimum absolute atomic E-state index is 0. The SMILES string of the molecule is CN=C(NCC(=O)NC(C)(C)C)N1CCN(c2ccccc2)CC1.I. The maximum Gasteiger partial charge on any atom is 0.239 e. The van der Waals surface area contributed by atoms with Gasteiger partial charge in [-0.1, -0.05) is 18.2 Å². The largest absolute Gasteiger partial charge is 0.368 e. The molecule has 0 spiro atoms. The van der Waals surface area contributed by atoms with Crippen molar-refractivity contribution >= 4 is 41.5 Å². The molecule has 1 aliphatic rings. The van der Waals surface area contributed by atoms with E-state index in [1.165, 1.54) is 5.69 Å². The average Bonchev–Trinajstić information content (AvgIpc) is 2.55. The molecule has 1 saturated heterocycles. The van der Waals surface area contributed by atoms with E-state index in [1.807, 2.05) is 26.8 Å². The van der Waals surface area contributed by atoms with Crippen LogP contribution >= 0.6 is 24.0 Å². The molecule has 2 N–H and O–H groups in total. The topological polar surface area (TPSA) is 60.0 Å². The predicted octanol–water partition coefficient (Wildman–Crippen LogP) is 1.92. The lowest BCUT2D eigenvalue weighted by Crippen LogP contribution is -2.54. The Balaban J connectivity index is 0.00000312. The predicted molar refractivity (Wildman–Crippen MR) is 115 cm³/mol. The molecule has 0 aromatic heterocycles. The van der Waals surface area contributed by atoms with E-state index in [2.05, 4.69) is 49.7 Å². The molecular weight excluding hydrogens is 429 g/mol. The first-order chi connectivity index (χ1) is 11.4. The number of hydrogen-bond donors (Lipinski definition) is 2. The highest BCUT2D eigenvalue weighted by Gasteiger charge is 2.20. The van der Waals surface area contributed by atoms with Crippen molar-refractivity contribution in [3.05, 3.63) is 30.3 Å². The van der Waals surface area contributed by atoms with Crippen LogP contribution in [-0.2, 0) is 4.79 Å². The van der Waals surface area contributed by atoms with Gasteiger partial charge in [-0.2, -0.15) is 0 Å². The van der Waals surface area contributed by atoms with Gasteiger partial charge in [0, 0.05) is 44.5 Å². The van der Waals surface area contributed by atoms with E-state index in [0.29, 0.717) is 0 Å². The monoisotopic (exact) mass is 459 g/mol. The lowest BCUT2D eigenvalue weighted by atomic mass is 10.1. The zero-order valence-corrected chi connectivity index (χ0v) is 17.9. The molecule has 0 aliphatic carbocycles. The molecule has 1 aromatic carbocycles. The number of hydrogen-bond acceptors (Lipinski definition) is 3.